The first-order valence-corrected chi connectivity index (χ1v) is 9.08. The fourth-order valence-electron chi connectivity index (χ4n) is 3.21. The Bertz CT molecular complexity index is 1100. The standard InChI is InChI=1S/C21H21N3O4/c1-3-13-8-7-9-14(4-2)18(13)22-17(25)12-24-20(26)16-11-6-5-10-15(16)19(23-24)21(27)28/h5-11H,3-4,12H2,1-2H3,(H,22,25)(H,27,28)/p-1. The number of carbonyl (C=O) groups excluding carboxylic acids is 2. The van der Waals surface area contributed by atoms with E-state index in [4.69, 9.17) is 0 Å². The second-order valence-corrected chi connectivity index (χ2v) is 6.35. The van der Waals surface area contributed by atoms with Crippen molar-refractivity contribution < 1.29 is 14.7 Å². The van der Waals surface area contributed by atoms with E-state index in [1.165, 1.54) is 12.1 Å². The zero-order chi connectivity index (χ0) is 20.3. The number of carboxylic acids is 1. The molecule has 0 fully saturated rings. The van der Waals surface area contributed by atoms with E-state index in [0.29, 0.717) is 0 Å². The first kappa shape index (κ1) is 19.3. The van der Waals surface area contributed by atoms with E-state index in [1.54, 1.807) is 12.1 Å². The highest BCUT2D eigenvalue weighted by Gasteiger charge is 2.15. The number of benzene rings is 2. The molecule has 1 heterocycles. The summed E-state index contributed by atoms with van der Waals surface area (Å²) in [5.41, 5.74) is 1.80. The number of hydrogen-bond acceptors (Lipinski definition) is 5. The van der Waals surface area contributed by atoms with E-state index >= 15 is 0 Å². The Morgan fingerprint density at radius 1 is 1.00 bits per heavy atom. The summed E-state index contributed by atoms with van der Waals surface area (Å²) in [6, 6.07) is 12.0. The predicted octanol–water partition coefficient (Wildman–Crippen LogP) is 1.52. The van der Waals surface area contributed by atoms with Gasteiger partial charge in [0, 0.05) is 11.1 Å². The van der Waals surface area contributed by atoms with Crippen molar-refractivity contribution in [3.05, 3.63) is 69.6 Å². The molecule has 0 bridgehead atoms. The van der Waals surface area contributed by atoms with Gasteiger partial charge in [-0.1, -0.05) is 50.2 Å². The summed E-state index contributed by atoms with van der Waals surface area (Å²) < 4.78 is 0.864. The van der Waals surface area contributed by atoms with Crippen LogP contribution in [0.3, 0.4) is 0 Å². The molecule has 0 radical (unpaired) electrons. The third-order valence-corrected chi connectivity index (χ3v) is 4.62. The van der Waals surface area contributed by atoms with Crippen LogP contribution in [0.25, 0.3) is 10.8 Å². The van der Waals surface area contributed by atoms with Crippen LogP contribution < -0.4 is 16.0 Å². The zero-order valence-corrected chi connectivity index (χ0v) is 15.7. The molecule has 0 aliphatic carbocycles. The molecule has 0 aliphatic heterocycles. The molecule has 1 N–H and O–H groups in total. The molecule has 0 atom stereocenters. The molecule has 1 amide bonds. The lowest BCUT2D eigenvalue weighted by Crippen LogP contribution is -2.34. The lowest BCUT2D eigenvalue weighted by Gasteiger charge is -2.15. The number of carbonyl (C=O) groups is 2. The smallest absolute Gasteiger partial charge is 0.275 e. The highest BCUT2D eigenvalue weighted by molar-refractivity contribution is 6.00. The molecule has 2 aromatic carbocycles. The third kappa shape index (κ3) is 3.64. The number of aromatic carboxylic acids is 1. The largest absolute Gasteiger partial charge is 0.543 e. The second-order valence-electron chi connectivity index (χ2n) is 6.35. The van der Waals surface area contributed by atoms with Gasteiger partial charge in [-0.05, 0) is 30.0 Å². The average Bonchev–Trinajstić information content (AvgIpc) is 2.70. The van der Waals surface area contributed by atoms with Crippen molar-refractivity contribution in [2.45, 2.75) is 33.2 Å². The minimum atomic E-state index is -1.50. The van der Waals surface area contributed by atoms with Crippen molar-refractivity contribution in [2.24, 2.45) is 0 Å². The number of aryl methyl sites for hydroxylation is 2. The zero-order valence-electron chi connectivity index (χ0n) is 15.7. The Kier molecular flexibility index (Phi) is 5.54. The summed E-state index contributed by atoms with van der Waals surface area (Å²) in [5, 5.41) is 18.5. The Hall–Kier alpha value is -3.48. The van der Waals surface area contributed by atoms with Crippen LogP contribution in [0, 0.1) is 0 Å². The first-order chi connectivity index (χ1) is 13.5. The van der Waals surface area contributed by atoms with Crippen molar-refractivity contribution in [1.29, 1.82) is 0 Å². The molecule has 0 aliphatic rings. The maximum absolute atomic E-state index is 12.6. The average molecular weight is 378 g/mol. The predicted molar refractivity (Wildman–Crippen MR) is 104 cm³/mol. The van der Waals surface area contributed by atoms with E-state index in [9.17, 15) is 19.5 Å². The van der Waals surface area contributed by atoms with Gasteiger partial charge in [0.25, 0.3) is 5.56 Å². The molecule has 3 aromatic rings. The third-order valence-electron chi connectivity index (χ3n) is 4.62. The van der Waals surface area contributed by atoms with Gasteiger partial charge < -0.3 is 15.2 Å². The van der Waals surface area contributed by atoms with E-state index in [2.05, 4.69) is 10.4 Å². The summed E-state index contributed by atoms with van der Waals surface area (Å²) in [7, 11) is 0. The maximum Gasteiger partial charge on any atom is 0.275 e. The number of nitrogens with one attached hydrogen (secondary N) is 1. The fraction of sp³-hybridized carbons (Fsp3) is 0.238. The van der Waals surface area contributed by atoms with Crippen LogP contribution in [0.5, 0.6) is 0 Å². The lowest BCUT2D eigenvalue weighted by molar-refractivity contribution is -0.255. The van der Waals surface area contributed by atoms with Crippen LogP contribution >= 0.6 is 0 Å². The van der Waals surface area contributed by atoms with Crippen molar-refractivity contribution >= 4 is 28.3 Å². The molecule has 144 valence electrons. The SMILES string of the molecule is CCc1cccc(CC)c1NC(=O)Cn1nc(C(=O)[O-])c2ccccc2c1=O. The summed E-state index contributed by atoms with van der Waals surface area (Å²) in [5.74, 6) is -1.96. The molecule has 1 aromatic heterocycles. The number of anilines is 1. The summed E-state index contributed by atoms with van der Waals surface area (Å²) in [4.78, 5) is 36.7. The van der Waals surface area contributed by atoms with Gasteiger partial charge in [-0.2, -0.15) is 5.10 Å². The monoisotopic (exact) mass is 378 g/mol. The van der Waals surface area contributed by atoms with E-state index in [1.807, 2.05) is 32.0 Å². The molecular weight excluding hydrogens is 358 g/mol. The van der Waals surface area contributed by atoms with Gasteiger partial charge in [0.15, 0.2) is 0 Å². The second kappa shape index (κ2) is 8.04. The van der Waals surface area contributed by atoms with Crippen molar-refractivity contribution in [1.82, 2.24) is 9.78 Å². The van der Waals surface area contributed by atoms with Crippen molar-refractivity contribution in [3.8, 4) is 0 Å². The van der Waals surface area contributed by atoms with Crippen LogP contribution in [-0.4, -0.2) is 21.7 Å². The van der Waals surface area contributed by atoms with E-state index in [0.717, 1.165) is 34.3 Å². The Morgan fingerprint density at radius 3 is 2.18 bits per heavy atom. The van der Waals surface area contributed by atoms with Crippen LogP contribution in [0.1, 0.15) is 35.5 Å². The Morgan fingerprint density at radius 2 is 1.61 bits per heavy atom. The minimum Gasteiger partial charge on any atom is -0.543 e. The van der Waals surface area contributed by atoms with Crippen LogP contribution in [-0.2, 0) is 24.2 Å². The Balaban J connectivity index is 1.98. The van der Waals surface area contributed by atoms with Gasteiger partial charge in [-0.25, -0.2) is 4.68 Å². The molecule has 7 heteroatoms. The van der Waals surface area contributed by atoms with Gasteiger partial charge in [-0.3, -0.25) is 9.59 Å². The van der Waals surface area contributed by atoms with Gasteiger partial charge in [0.2, 0.25) is 5.91 Å². The summed E-state index contributed by atoms with van der Waals surface area (Å²) in [6.07, 6.45) is 1.49. The van der Waals surface area contributed by atoms with E-state index in [-0.39, 0.29) is 16.5 Å². The minimum absolute atomic E-state index is 0.174. The van der Waals surface area contributed by atoms with Crippen molar-refractivity contribution in [2.75, 3.05) is 5.32 Å². The molecule has 0 spiro atoms. The molecule has 7 nitrogen and oxygen atoms in total. The molecule has 28 heavy (non-hydrogen) atoms. The summed E-state index contributed by atoms with van der Waals surface area (Å²) >= 11 is 0. The number of para-hydroxylation sites is 1. The molecule has 0 saturated heterocycles. The highest BCUT2D eigenvalue weighted by Crippen LogP contribution is 2.22. The van der Waals surface area contributed by atoms with Gasteiger partial charge in [-0.15, -0.1) is 0 Å². The summed E-state index contributed by atoms with van der Waals surface area (Å²) in [6.45, 7) is 3.59. The molecular formula is C21H20N3O4-. The topological polar surface area (TPSA) is 104 Å². The normalized spacial score (nSPS) is 10.8. The molecule has 3 rings (SSSR count). The fourth-order valence-corrected chi connectivity index (χ4v) is 3.21. The highest BCUT2D eigenvalue weighted by atomic mass is 16.4. The lowest BCUT2D eigenvalue weighted by atomic mass is 10.0. The number of nitrogens with zero attached hydrogens (tertiary/aromatic N) is 2. The number of fused-ring (bicyclic) bond motifs is 1. The van der Waals surface area contributed by atoms with Gasteiger partial charge >= 0.3 is 0 Å². The van der Waals surface area contributed by atoms with Crippen LogP contribution in [0.2, 0.25) is 0 Å². The molecule has 0 unspecified atom stereocenters. The van der Waals surface area contributed by atoms with Gasteiger partial charge in [0.1, 0.15) is 12.2 Å². The van der Waals surface area contributed by atoms with E-state index < -0.39 is 24.0 Å². The van der Waals surface area contributed by atoms with Crippen LogP contribution in [0.15, 0.2) is 47.3 Å². The number of aromatic nitrogens is 2. The van der Waals surface area contributed by atoms with Crippen molar-refractivity contribution in [3.63, 3.8) is 0 Å². The van der Waals surface area contributed by atoms with Crippen LogP contribution in [0.4, 0.5) is 5.69 Å². The Labute approximate surface area is 161 Å². The number of amides is 1. The quantitative estimate of drug-likeness (QED) is 0.700. The van der Waals surface area contributed by atoms with Gasteiger partial charge in [0.05, 0.1) is 11.4 Å². The maximum atomic E-state index is 12.6. The number of rotatable bonds is 6. The number of hydrogen-bond donors (Lipinski definition) is 1. The molecule has 0 saturated carbocycles. The number of carboxylic acid groups (broad SMARTS) is 1. The first-order valence-electron chi connectivity index (χ1n) is 9.08.